The van der Waals surface area contributed by atoms with E-state index in [1.54, 1.807) is 18.2 Å². The van der Waals surface area contributed by atoms with Gasteiger partial charge in [0.05, 0.1) is 0 Å². The van der Waals surface area contributed by atoms with Crippen molar-refractivity contribution in [2.75, 3.05) is 12.5 Å². The van der Waals surface area contributed by atoms with Crippen LogP contribution in [0.15, 0.2) is 83.8 Å². The lowest BCUT2D eigenvalue weighted by Gasteiger charge is -2.31. The van der Waals surface area contributed by atoms with E-state index in [0.29, 0.717) is 4.90 Å². The topological polar surface area (TPSA) is 43.4 Å². The molecule has 0 spiro atoms. The Kier molecular flexibility index (Phi) is 5.28. The number of hydrogen-bond acceptors (Lipinski definition) is 3. The number of hydrogen-bond donors (Lipinski definition) is 0. The molecule has 31 heavy (non-hydrogen) atoms. The van der Waals surface area contributed by atoms with Crippen molar-refractivity contribution in [1.29, 1.82) is 0 Å². The maximum Gasteiger partial charge on any atom is 0.523 e. The van der Waals surface area contributed by atoms with Gasteiger partial charge in [0, 0.05) is 4.90 Å². The molecule has 0 unspecified atom stereocenters. The minimum atomic E-state index is -5.71. The van der Waals surface area contributed by atoms with Crippen molar-refractivity contribution in [3.63, 3.8) is 0 Å². The lowest BCUT2D eigenvalue weighted by molar-refractivity contribution is -0.0495. The Labute approximate surface area is 180 Å². The Bertz CT molecular complexity index is 1340. The SMILES string of the molecule is CS(C)(OS(=O)(=O)C(F)(F)F)c1cccc(-c2c3ccccc3cc3ccccc23)c1. The highest BCUT2D eigenvalue weighted by Crippen LogP contribution is 2.54. The molecule has 0 saturated carbocycles. The molecule has 0 aliphatic carbocycles. The fourth-order valence-corrected chi connectivity index (χ4v) is 6.82. The zero-order valence-electron chi connectivity index (χ0n) is 16.7. The third-order valence-electron chi connectivity index (χ3n) is 5.00. The minimum Gasteiger partial charge on any atom is -0.209 e. The van der Waals surface area contributed by atoms with Gasteiger partial charge in [-0.15, -0.1) is 0 Å². The standard InChI is InChI=1S/C23H19F3O3S2/c1-30(2,29-31(27,28)23(24,25)26)19-11-7-10-18(15-19)22-20-12-5-3-8-16(20)14-17-9-4-6-13-21(17)22/h3-15H,1-2H3. The number of halogens is 3. The van der Waals surface area contributed by atoms with Crippen LogP contribution in [0.5, 0.6) is 0 Å². The first kappa shape index (κ1) is 21.7. The summed E-state index contributed by atoms with van der Waals surface area (Å²) in [7, 11) is -8.46. The maximum atomic E-state index is 12.9. The molecule has 0 aliphatic rings. The third-order valence-corrected chi connectivity index (χ3v) is 9.04. The lowest BCUT2D eigenvalue weighted by atomic mass is 9.92. The second-order valence-corrected chi connectivity index (χ2v) is 12.3. The van der Waals surface area contributed by atoms with E-state index in [0.717, 1.165) is 32.7 Å². The molecule has 0 aliphatic heterocycles. The van der Waals surface area contributed by atoms with Crippen LogP contribution in [0.4, 0.5) is 13.2 Å². The number of alkyl halides is 3. The average Bonchev–Trinajstić information content (AvgIpc) is 2.70. The molecule has 0 amide bonds. The molecule has 4 aromatic rings. The van der Waals surface area contributed by atoms with Crippen LogP contribution in [0.2, 0.25) is 0 Å². The van der Waals surface area contributed by atoms with E-state index < -0.39 is 25.9 Å². The van der Waals surface area contributed by atoms with Gasteiger partial charge in [-0.1, -0.05) is 71.0 Å². The molecule has 0 N–H and O–H groups in total. The Morgan fingerprint density at radius 2 is 1.29 bits per heavy atom. The zero-order valence-corrected chi connectivity index (χ0v) is 18.3. The Balaban J connectivity index is 1.90. The van der Waals surface area contributed by atoms with Crippen LogP contribution in [-0.4, -0.2) is 26.4 Å². The van der Waals surface area contributed by atoms with E-state index in [1.807, 2.05) is 54.6 Å². The summed E-state index contributed by atoms with van der Waals surface area (Å²) in [5, 5.41) is 4.05. The first-order valence-electron chi connectivity index (χ1n) is 9.26. The summed E-state index contributed by atoms with van der Waals surface area (Å²) in [4.78, 5) is 0.398. The molecule has 0 aromatic heterocycles. The van der Waals surface area contributed by atoms with E-state index in [-0.39, 0.29) is 0 Å². The van der Waals surface area contributed by atoms with Crippen LogP contribution in [-0.2, 0) is 13.7 Å². The van der Waals surface area contributed by atoms with Crippen molar-refractivity contribution in [2.45, 2.75) is 10.4 Å². The molecule has 3 nitrogen and oxygen atoms in total. The monoisotopic (exact) mass is 464 g/mol. The number of rotatable bonds is 4. The van der Waals surface area contributed by atoms with Gasteiger partial charge in [0.15, 0.2) is 0 Å². The Hall–Kier alpha value is -2.55. The van der Waals surface area contributed by atoms with Crippen LogP contribution in [0.25, 0.3) is 32.7 Å². The molecule has 8 heteroatoms. The molecular formula is C23H19F3O3S2. The average molecular weight is 465 g/mol. The van der Waals surface area contributed by atoms with Crippen molar-refractivity contribution in [3.05, 3.63) is 78.9 Å². The molecule has 0 heterocycles. The van der Waals surface area contributed by atoms with Gasteiger partial charge in [0.1, 0.15) is 0 Å². The Morgan fingerprint density at radius 3 is 1.84 bits per heavy atom. The van der Waals surface area contributed by atoms with Gasteiger partial charge in [-0.2, -0.15) is 21.6 Å². The highest BCUT2D eigenvalue weighted by atomic mass is 32.3. The van der Waals surface area contributed by atoms with Crippen LogP contribution >= 0.6 is 10.3 Å². The molecule has 0 radical (unpaired) electrons. The minimum absolute atomic E-state index is 0.398. The normalized spacial score (nSPS) is 13.6. The first-order valence-corrected chi connectivity index (χ1v) is 13.0. The summed E-state index contributed by atoms with van der Waals surface area (Å²) in [6.07, 6.45) is 2.77. The number of benzene rings is 4. The van der Waals surface area contributed by atoms with Crippen LogP contribution in [0.3, 0.4) is 0 Å². The molecule has 0 saturated heterocycles. The molecule has 0 bridgehead atoms. The quantitative estimate of drug-likeness (QED) is 0.245. The maximum absolute atomic E-state index is 12.9. The zero-order chi connectivity index (χ0) is 22.4. The van der Waals surface area contributed by atoms with E-state index in [2.05, 4.69) is 9.70 Å². The summed E-state index contributed by atoms with van der Waals surface area (Å²) in [5.41, 5.74) is -3.76. The van der Waals surface area contributed by atoms with Gasteiger partial charge < -0.3 is 0 Å². The Morgan fingerprint density at radius 1 is 0.742 bits per heavy atom. The second-order valence-electron chi connectivity index (χ2n) is 7.42. The van der Waals surface area contributed by atoms with Gasteiger partial charge in [0.2, 0.25) is 0 Å². The van der Waals surface area contributed by atoms with Gasteiger partial charge in [-0.25, -0.2) is 3.63 Å². The fourth-order valence-electron chi connectivity index (χ4n) is 3.58. The van der Waals surface area contributed by atoms with Crippen molar-refractivity contribution in [2.24, 2.45) is 0 Å². The van der Waals surface area contributed by atoms with E-state index in [1.165, 1.54) is 12.5 Å². The third kappa shape index (κ3) is 4.03. The predicted molar refractivity (Wildman–Crippen MR) is 121 cm³/mol. The molecule has 4 aromatic carbocycles. The van der Waals surface area contributed by atoms with Gasteiger partial charge in [-0.3, -0.25) is 0 Å². The van der Waals surface area contributed by atoms with Crippen LogP contribution < -0.4 is 0 Å². The second kappa shape index (κ2) is 7.55. The first-order chi connectivity index (χ1) is 14.5. The van der Waals surface area contributed by atoms with Crippen molar-refractivity contribution < 1.29 is 25.2 Å². The summed E-state index contributed by atoms with van der Waals surface area (Å²) in [5.74, 6) is 0. The molecular weight excluding hydrogens is 445 g/mol. The van der Waals surface area contributed by atoms with Gasteiger partial charge in [0.25, 0.3) is 0 Å². The largest absolute Gasteiger partial charge is 0.523 e. The summed E-state index contributed by atoms with van der Waals surface area (Å²) >= 11 is 0. The molecule has 0 atom stereocenters. The van der Waals surface area contributed by atoms with Crippen LogP contribution in [0, 0.1) is 0 Å². The van der Waals surface area contributed by atoms with E-state index in [4.69, 9.17) is 0 Å². The number of fused-ring (bicyclic) bond motifs is 2. The highest BCUT2D eigenvalue weighted by molar-refractivity contribution is 8.32. The summed E-state index contributed by atoms with van der Waals surface area (Å²) < 4.78 is 66.5. The smallest absolute Gasteiger partial charge is 0.209 e. The van der Waals surface area contributed by atoms with Crippen molar-refractivity contribution in [1.82, 2.24) is 0 Å². The lowest BCUT2D eigenvalue weighted by Crippen LogP contribution is -2.26. The van der Waals surface area contributed by atoms with Crippen LogP contribution in [0.1, 0.15) is 0 Å². The molecule has 162 valence electrons. The summed E-state index contributed by atoms with van der Waals surface area (Å²) in [6, 6.07) is 24.7. The van der Waals surface area contributed by atoms with Gasteiger partial charge >= 0.3 is 15.6 Å². The van der Waals surface area contributed by atoms with E-state index >= 15 is 0 Å². The fraction of sp³-hybridized carbons (Fsp3) is 0.130. The van der Waals surface area contributed by atoms with Gasteiger partial charge in [-0.05, 0) is 63.4 Å². The predicted octanol–water partition coefficient (Wildman–Crippen LogP) is 6.86. The van der Waals surface area contributed by atoms with Crippen molar-refractivity contribution in [3.8, 4) is 11.1 Å². The molecule has 4 rings (SSSR count). The van der Waals surface area contributed by atoms with E-state index in [9.17, 15) is 21.6 Å². The summed E-state index contributed by atoms with van der Waals surface area (Å²) in [6.45, 7) is 0. The molecule has 0 fully saturated rings. The van der Waals surface area contributed by atoms with Crippen molar-refractivity contribution >= 4 is 42.0 Å². The highest BCUT2D eigenvalue weighted by Gasteiger charge is 2.49.